The first-order valence-electron chi connectivity index (χ1n) is 25.4. The SMILES string of the molecule is CCCCCC/C=C/CC/C=C/C(O)C(CO)NC(=O)CC(O)CCCCCCCCCCCCCCCCC/C=C\C/C=C\CCCCCCCCCCCCC. The van der Waals surface area contributed by atoms with Crippen molar-refractivity contribution in [2.24, 2.45) is 0 Å². The Labute approximate surface area is 361 Å². The maximum Gasteiger partial charge on any atom is 0.222 e. The van der Waals surface area contributed by atoms with Gasteiger partial charge >= 0.3 is 0 Å². The Balaban J connectivity index is 3.51. The number of nitrogens with one attached hydrogen (secondary N) is 1. The molecule has 0 bridgehead atoms. The number of aliphatic hydroxyl groups excluding tert-OH is 3. The van der Waals surface area contributed by atoms with Crippen molar-refractivity contribution in [2.75, 3.05) is 6.61 Å². The van der Waals surface area contributed by atoms with Gasteiger partial charge in [-0.15, -0.1) is 0 Å². The van der Waals surface area contributed by atoms with Crippen LogP contribution in [0.4, 0.5) is 0 Å². The molecule has 0 radical (unpaired) electrons. The Morgan fingerprint density at radius 1 is 0.448 bits per heavy atom. The molecule has 0 aliphatic rings. The molecule has 0 aliphatic carbocycles. The molecule has 1 amide bonds. The minimum Gasteiger partial charge on any atom is -0.394 e. The fraction of sp³-hybridized carbons (Fsp3) is 0.830. The summed E-state index contributed by atoms with van der Waals surface area (Å²) in [6, 6.07) is -0.760. The second kappa shape index (κ2) is 48.0. The molecule has 3 unspecified atom stereocenters. The zero-order chi connectivity index (χ0) is 42.3. The summed E-state index contributed by atoms with van der Waals surface area (Å²) < 4.78 is 0. The Hall–Kier alpha value is -1.69. The highest BCUT2D eigenvalue weighted by Gasteiger charge is 2.20. The van der Waals surface area contributed by atoms with Crippen LogP contribution in [0.1, 0.15) is 258 Å². The Morgan fingerprint density at radius 2 is 0.793 bits per heavy atom. The third kappa shape index (κ3) is 43.9. The molecular weight excluding hydrogens is 715 g/mol. The number of amides is 1. The highest BCUT2D eigenvalue weighted by Crippen LogP contribution is 2.16. The first kappa shape index (κ1) is 56.3. The molecule has 0 aliphatic heterocycles. The highest BCUT2D eigenvalue weighted by atomic mass is 16.3. The average molecular weight is 814 g/mol. The van der Waals surface area contributed by atoms with Crippen molar-refractivity contribution in [1.29, 1.82) is 0 Å². The number of rotatable bonds is 46. The van der Waals surface area contributed by atoms with Crippen LogP contribution in [0.2, 0.25) is 0 Å². The molecule has 3 atom stereocenters. The van der Waals surface area contributed by atoms with E-state index < -0.39 is 18.2 Å². The van der Waals surface area contributed by atoms with Gasteiger partial charge in [0.25, 0.3) is 0 Å². The van der Waals surface area contributed by atoms with E-state index in [1.165, 1.54) is 193 Å². The molecule has 0 aromatic rings. The predicted octanol–water partition coefficient (Wildman–Crippen LogP) is 15.3. The first-order valence-corrected chi connectivity index (χ1v) is 25.4. The molecule has 4 N–H and O–H groups in total. The van der Waals surface area contributed by atoms with E-state index in [1.807, 2.05) is 6.08 Å². The molecule has 0 heterocycles. The number of carbonyl (C=O) groups excluding carboxylic acids is 1. The van der Waals surface area contributed by atoms with E-state index >= 15 is 0 Å². The zero-order valence-corrected chi connectivity index (χ0v) is 38.7. The number of carbonyl (C=O) groups is 1. The van der Waals surface area contributed by atoms with Gasteiger partial charge in [0.1, 0.15) is 0 Å². The maximum atomic E-state index is 12.4. The quantitative estimate of drug-likeness (QED) is 0.0364. The molecule has 0 aromatic carbocycles. The van der Waals surface area contributed by atoms with Crippen molar-refractivity contribution in [3.63, 3.8) is 0 Å². The van der Waals surface area contributed by atoms with Crippen LogP contribution in [0.15, 0.2) is 48.6 Å². The van der Waals surface area contributed by atoms with Gasteiger partial charge in [-0.1, -0.05) is 236 Å². The molecular formula is C53H99NO4. The number of hydrogen-bond acceptors (Lipinski definition) is 4. The van der Waals surface area contributed by atoms with E-state index in [0.717, 1.165) is 38.5 Å². The Morgan fingerprint density at radius 3 is 1.22 bits per heavy atom. The monoisotopic (exact) mass is 814 g/mol. The summed E-state index contributed by atoms with van der Waals surface area (Å²) in [5, 5.41) is 33.1. The summed E-state index contributed by atoms with van der Waals surface area (Å²) >= 11 is 0. The van der Waals surface area contributed by atoms with Crippen LogP contribution in [0.5, 0.6) is 0 Å². The lowest BCUT2D eigenvalue weighted by Gasteiger charge is -2.21. The standard InChI is InChI=1S/C53H99NO4/c1-3-5-7-9-11-13-15-16-17-18-19-20-21-22-23-24-25-26-27-28-29-30-31-32-33-34-35-36-37-38-40-42-44-46-50(56)48-53(58)54-51(49-55)52(57)47-45-43-41-39-14-12-10-8-6-4-2/h14,21-22,24-25,39,45,47,50-52,55-57H,3-13,15-20,23,26-38,40-44,46,48-49H2,1-2H3,(H,54,58)/b22-21-,25-24-,39-14+,47-45+. The zero-order valence-electron chi connectivity index (χ0n) is 38.7. The fourth-order valence-electron chi connectivity index (χ4n) is 7.68. The first-order chi connectivity index (χ1) is 28.5. The van der Waals surface area contributed by atoms with Gasteiger partial charge in [0.15, 0.2) is 0 Å². The summed E-state index contributed by atoms with van der Waals surface area (Å²) in [4.78, 5) is 12.4. The third-order valence-corrected chi connectivity index (χ3v) is 11.6. The van der Waals surface area contributed by atoms with E-state index in [0.29, 0.717) is 6.42 Å². The maximum absolute atomic E-state index is 12.4. The summed E-state index contributed by atoms with van der Waals surface area (Å²) in [6.45, 7) is 4.17. The van der Waals surface area contributed by atoms with E-state index in [4.69, 9.17) is 0 Å². The molecule has 0 spiro atoms. The van der Waals surface area contributed by atoms with Gasteiger partial charge in [0.2, 0.25) is 5.91 Å². The summed E-state index contributed by atoms with van der Waals surface area (Å²) in [5.41, 5.74) is 0. The van der Waals surface area contributed by atoms with Gasteiger partial charge in [-0.3, -0.25) is 4.79 Å². The second-order valence-corrected chi connectivity index (χ2v) is 17.4. The van der Waals surface area contributed by atoms with Crippen LogP contribution >= 0.6 is 0 Å². The van der Waals surface area contributed by atoms with Gasteiger partial charge in [-0.05, 0) is 64.2 Å². The van der Waals surface area contributed by atoms with E-state index in [-0.39, 0.29) is 18.9 Å². The lowest BCUT2D eigenvalue weighted by Crippen LogP contribution is -2.45. The normalized spacial score (nSPS) is 13.8. The summed E-state index contributed by atoms with van der Waals surface area (Å²) in [7, 11) is 0. The topological polar surface area (TPSA) is 89.8 Å². The predicted molar refractivity (Wildman–Crippen MR) is 254 cm³/mol. The number of aliphatic hydroxyl groups is 3. The lowest BCUT2D eigenvalue weighted by atomic mass is 10.0. The van der Waals surface area contributed by atoms with Crippen molar-refractivity contribution in [2.45, 2.75) is 276 Å². The highest BCUT2D eigenvalue weighted by molar-refractivity contribution is 5.76. The number of hydrogen-bond donors (Lipinski definition) is 4. The molecule has 0 rings (SSSR count). The summed E-state index contributed by atoms with van der Waals surface area (Å²) in [5.74, 6) is -0.327. The largest absolute Gasteiger partial charge is 0.394 e. The third-order valence-electron chi connectivity index (χ3n) is 11.6. The molecule has 340 valence electrons. The van der Waals surface area contributed by atoms with Crippen LogP contribution in [0.3, 0.4) is 0 Å². The van der Waals surface area contributed by atoms with Gasteiger partial charge in [0.05, 0.1) is 31.3 Å². The fourth-order valence-corrected chi connectivity index (χ4v) is 7.68. The minimum atomic E-state index is -0.950. The van der Waals surface area contributed by atoms with Crippen LogP contribution in [0.25, 0.3) is 0 Å². The molecule has 5 nitrogen and oxygen atoms in total. The molecule has 0 fully saturated rings. The van der Waals surface area contributed by atoms with E-state index in [1.54, 1.807) is 6.08 Å². The van der Waals surface area contributed by atoms with Crippen LogP contribution in [0, 0.1) is 0 Å². The van der Waals surface area contributed by atoms with Crippen LogP contribution in [-0.4, -0.2) is 46.1 Å². The van der Waals surface area contributed by atoms with E-state index in [9.17, 15) is 20.1 Å². The Kier molecular flexibility index (Phi) is 46.6. The van der Waals surface area contributed by atoms with Gasteiger partial charge in [0, 0.05) is 0 Å². The molecule has 0 saturated heterocycles. The number of allylic oxidation sites excluding steroid dienone is 7. The number of unbranched alkanes of at least 4 members (excludes halogenated alkanes) is 31. The summed E-state index contributed by atoms with van der Waals surface area (Å²) in [6.07, 6.45) is 63.0. The van der Waals surface area contributed by atoms with Crippen molar-refractivity contribution in [1.82, 2.24) is 5.32 Å². The van der Waals surface area contributed by atoms with Crippen molar-refractivity contribution in [3.05, 3.63) is 48.6 Å². The molecule has 58 heavy (non-hydrogen) atoms. The minimum absolute atomic E-state index is 0.00534. The Bertz CT molecular complexity index is 943. The average Bonchev–Trinajstić information content (AvgIpc) is 3.22. The molecule has 0 saturated carbocycles. The molecule has 5 heteroatoms. The second-order valence-electron chi connectivity index (χ2n) is 17.4. The van der Waals surface area contributed by atoms with Crippen molar-refractivity contribution in [3.8, 4) is 0 Å². The van der Waals surface area contributed by atoms with Gasteiger partial charge in [-0.2, -0.15) is 0 Å². The lowest BCUT2D eigenvalue weighted by molar-refractivity contribution is -0.124. The van der Waals surface area contributed by atoms with Gasteiger partial charge < -0.3 is 20.6 Å². The van der Waals surface area contributed by atoms with E-state index in [2.05, 4.69) is 55.6 Å². The van der Waals surface area contributed by atoms with Crippen LogP contribution in [-0.2, 0) is 4.79 Å². The van der Waals surface area contributed by atoms with Crippen molar-refractivity contribution >= 4 is 5.91 Å². The van der Waals surface area contributed by atoms with Gasteiger partial charge in [-0.25, -0.2) is 0 Å². The smallest absolute Gasteiger partial charge is 0.222 e. The molecule has 0 aromatic heterocycles. The van der Waals surface area contributed by atoms with Crippen molar-refractivity contribution < 1.29 is 20.1 Å². The van der Waals surface area contributed by atoms with Crippen LogP contribution < -0.4 is 5.32 Å².